The SMILES string of the molecule is Cc1ccc([NH+](CCOC(=O)c2cc(I)cc(I)c2I)CCOC(=O)c2c(I)ccc(I)c2I)cc1. The maximum Gasteiger partial charge on any atom is 0.340 e. The van der Waals surface area contributed by atoms with E-state index in [1.807, 2.05) is 31.2 Å². The van der Waals surface area contributed by atoms with Gasteiger partial charge in [0.1, 0.15) is 32.0 Å². The van der Waals surface area contributed by atoms with Crippen LogP contribution in [0.25, 0.3) is 0 Å². The first kappa shape index (κ1) is 31.5. The monoisotopic (exact) mass is 1160 g/mol. The van der Waals surface area contributed by atoms with Crippen molar-refractivity contribution >= 4 is 153 Å². The van der Waals surface area contributed by atoms with Gasteiger partial charge in [0, 0.05) is 21.4 Å². The zero-order valence-electron chi connectivity index (χ0n) is 18.8. The third-order valence-corrected chi connectivity index (χ3v) is 12.8. The fourth-order valence-corrected chi connectivity index (χ4v) is 8.01. The molecule has 36 heavy (non-hydrogen) atoms. The highest BCUT2D eigenvalue weighted by Crippen LogP contribution is 2.25. The zero-order valence-corrected chi connectivity index (χ0v) is 31.8. The lowest BCUT2D eigenvalue weighted by Crippen LogP contribution is -3.08. The summed E-state index contributed by atoms with van der Waals surface area (Å²) in [4.78, 5) is 26.7. The first-order chi connectivity index (χ1) is 17.1. The molecule has 1 atom stereocenters. The molecule has 11 heteroatoms. The van der Waals surface area contributed by atoms with Crippen LogP contribution in [0.2, 0.25) is 0 Å². The van der Waals surface area contributed by atoms with E-state index in [1.54, 1.807) is 0 Å². The van der Waals surface area contributed by atoms with E-state index in [9.17, 15) is 9.59 Å². The van der Waals surface area contributed by atoms with E-state index in [2.05, 4.69) is 160 Å². The van der Waals surface area contributed by atoms with Gasteiger partial charge < -0.3 is 9.47 Å². The van der Waals surface area contributed by atoms with Crippen LogP contribution < -0.4 is 4.90 Å². The van der Waals surface area contributed by atoms with Gasteiger partial charge in [0.05, 0.1) is 11.1 Å². The van der Waals surface area contributed by atoms with Crippen LogP contribution in [0.3, 0.4) is 0 Å². The Morgan fingerprint density at radius 1 is 0.722 bits per heavy atom. The Kier molecular flexibility index (Phi) is 13.2. The van der Waals surface area contributed by atoms with Gasteiger partial charge in [-0.2, -0.15) is 0 Å². The minimum absolute atomic E-state index is 0.251. The van der Waals surface area contributed by atoms with Crippen LogP contribution in [0.1, 0.15) is 26.3 Å². The van der Waals surface area contributed by atoms with Crippen molar-refractivity contribution in [2.75, 3.05) is 26.3 Å². The second kappa shape index (κ2) is 15.1. The minimum Gasteiger partial charge on any atom is -0.456 e. The average Bonchev–Trinajstić information content (AvgIpc) is 2.83. The topological polar surface area (TPSA) is 57.0 Å². The number of hydrogen-bond acceptors (Lipinski definition) is 4. The number of quaternary nitrogens is 1. The van der Waals surface area contributed by atoms with Crippen molar-refractivity contribution in [3.8, 4) is 0 Å². The van der Waals surface area contributed by atoms with Crippen LogP contribution in [0.15, 0.2) is 48.5 Å². The standard InChI is InChI=1S/C25H19I6NO4/c1-14-2-4-16(5-3-14)32(8-10-35-24(33)17-12-15(26)13-20(29)22(17)30)9-11-36-25(34)21-18(27)6-7-19(28)23(21)31/h2-7,12-13H,8-11H2,1H3/p+1. The molecule has 1 N–H and O–H groups in total. The molecule has 0 saturated heterocycles. The molecule has 0 aromatic heterocycles. The molecule has 0 saturated carbocycles. The number of halogens is 6. The molecular formula is C25H20I6NO4+. The molecule has 0 aliphatic rings. The Labute approximate surface area is 292 Å². The number of aryl methyl sites for hydroxylation is 1. The smallest absolute Gasteiger partial charge is 0.340 e. The van der Waals surface area contributed by atoms with Gasteiger partial charge in [-0.3, -0.25) is 4.90 Å². The number of carbonyl (C=O) groups is 2. The van der Waals surface area contributed by atoms with Gasteiger partial charge in [-0.05, 0) is 179 Å². The molecule has 0 bridgehead atoms. The molecule has 5 nitrogen and oxygen atoms in total. The number of esters is 2. The zero-order chi connectivity index (χ0) is 26.4. The molecular weight excluding hydrogens is 1140 g/mol. The minimum atomic E-state index is -0.326. The van der Waals surface area contributed by atoms with Gasteiger partial charge in [-0.1, -0.05) is 17.7 Å². The molecule has 3 aromatic carbocycles. The fourth-order valence-electron chi connectivity index (χ4n) is 3.31. The molecule has 0 aliphatic carbocycles. The summed E-state index contributed by atoms with van der Waals surface area (Å²) in [6.45, 7) is 3.66. The van der Waals surface area contributed by atoms with Crippen molar-refractivity contribution in [1.82, 2.24) is 0 Å². The highest BCUT2D eigenvalue weighted by Gasteiger charge is 2.21. The third-order valence-electron chi connectivity index (χ3n) is 5.19. The Bertz CT molecular complexity index is 1270. The number of carbonyl (C=O) groups excluding carboxylic acids is 2. The Morgan fingerprint density at radius 2 is 1.31 bits per heavy atom. The summed E-state index contributed by atoms with van der Waals surface area (Å²) >= 11 is 13.2. The molecule has 0 radical (unpaired) electrons. The Morgan fingerprint density at radius 3 is 1.94 bits per heavy atom. The third kappa shape index (κ3) is 8.72. The van der Waals surface area contributed by atoms with Crippen LogP contribution in [0, 0.1) is 28.3 Å². The van der Waals surface area contributed by atoms with Crippen LogP contribution in [0.4, 0.5) is 5.69 Å². The summed E-state index contributed by atoms with van der Waals surface area (Å²) in [7, 11) is 0. The first-order valence-electron chi connectivity index (χ1n) is 10.6. The van der Waals surface area contributed by atoms with Gasteiger partial charge >= 0.3 is 11.9 Å². The molecule has 0 fully saturated rings. The van der Waals surface area contributed by atoms with E-state index in [1.165, 1.54) is 5.56 Å². The number of hydrogen-bond donors (Lipinski definition) is 1. The molecule has 0 amide bonds. The van der Waals surface area contributed by atoms with E-state index >= 15 is 0 Å². The number of nitrogens with one attached hydrogen (secondary N) is 1. The lowest BCUT2D eigenvalue weighted by molar-refractivity contribution is -0.833. The molecule has 1 unspecified atom stereocenters. The van der Waals surface area contributed by atoms with E-state index < -0.39 is 0 Å². The van der Waals surface area contributed by atoms with Gasteiger partial charge in [0.2, 0.25) is 0 Å². The van der Waals surface area contributed by atoms with Crippen LogP contribution >= 0.6 is 136 Å². The summed E-state index contributed by atoms with van der Waals surface area (Å²) in [5, 5.41) is 0. The van der Waals surface area contributed by atoms with Gasteiger partial charge in [-0.25, -0.2) is 9.59 Å². The van der Waals surface area contributed by atoms with Crippen molar-refractivity contribution < 1.29 is 24.0 Å². The largest absolute Gasteiger partial charge is 0.456 e. The number of ether oxygens (including phenoxy) is 2. The van der Waals surface area contributed by atoms with Gasteiger partial charge in [0.25, 0.3) is 0 Å². The average molecular weight is 1160 g/mol. The predicted octanol–water partition coefficient (Wildman–Crippen LogP) is 6.85. The molecule has 0 aliphatic heterocycles. The summed E-state index contributed by atoms with van der Waals surface area (Å²) in [5.41, 5.74) is 3.42. The lowest BCUT2D eigenvalue weighted by atomic mass is 10.2. The van der Waals surface area contributed by atoms with Crippen molar-refractivity contribution in [2.45, 2.75) is 6.92 Å². The quantitative estimate of drug-likeness (QED) is 0.145. The summed E-state index contributed by atoms with van der Waals surface area (Å²) in [6, 6.07) is 16.0. The number of benzene rings is 3. The molecule has 3 aromatic rings. The highest BCUT2D eigenvalue weighted by molar-refractivity contribution is 14.1. The predicted molar refractivity (Wildman–Crippen MR) is 191 cm³/mol. The summed E-state index contributed by atoms with van der Waals surface area (Å²) in [6.07, 6.45) is 0. The fraction of sp³-hybridized carbons (Fsp3) is 0.200. The normalized spacial score (nSPS) is 11.8. The van der Waals surface area contributed by atoms with E-state index in [0.29, 0.717) is 24.2 Å². The molecule has 0 spiro atoms. The lowest BCUT2D eigenvalue weighted by Gasteiger charge is -2.20. The van der Waals surface area contributed by atoms with Crippen LogP contribution in [0.5, 0.6) is 0 Å². The highest BCUT2D eigenvalue weighted by atomic mass is 127. The van der Waals surface area contributed by atoms with Crippen LogP contribution in [-0.2, 0) is 9.47 Å². The molecule has 3 rings (SSSR count). The van der Waals surface area contributed by atoms with Crippen molar-refractivity contribution in [2.24, 2.45) is 0 Å². The second-order valence-corrected chi connectivity index (χ2v) is 14.6. The summed E-state index contributed by atoms with van der Waals surface area (Å²) < 4.78 is 17.0. The first-order valence-corrected chi connectivity index (χ1v) is 17.1. The van der Waals surface area contributed by atoms with Crippen molar-refractivity contribution in [1.29, 1.82) is 0 Å². The van der Waals surface area contributed by atoms with E-state index in [4.69, 9.17) is 9.47 Å². The Balaban J connectivity index is 1.65. The van der Waals surface area contributed by atoms with E-state index in [0.717, 1.165) is 32.0 Å². The molecule has 190 valence electrons. The van der Waals surface area contributed by atoms with Crippen molar-refractivity contribution in [3.05, 3.63) is 86.6 Å². The van der Waals surface area contributed by atoms with E-state index in [-0.39, 0.29) is 25.2 Å². The molecule has 0 heterocycles. The second-order valence-electron chi connectivity index (χ2n) is 7.71. The maximum atomic E-state index is 12.8. The Hall–Kier alpha value is 0.940. The van der Waals surface area contributed by atoms with Crippen LogP contribution in [-0.4, -0.2) is 38.2 Å². The van der Waals surface area contributed by atoms with Gasteiger partial charge in [0.15, 0.2) is 0 Å². The van der Waals surface area contributed by atoms with Crippen molar-refractivity contribution in [3.63, 3.8) is 0 Å². The maximum absolute atomic E-state index is 12.8. The number of rotatable bonds is 9. The summed E-state index contributed by atoms with van der Waals surface area (Å²) in [5.74, 6) is -0.645. The van der Waals surface area contributed by atoms with Gasteiger partial charge in [-0.15, -0.1) is 0 Å².